The number of amides is 2. The fourth-order valence-electron chi connectivity index (χ4n) is 5.11. The Kier molecular flexibility index (Phi) is 7.72. The second-order valence-corrected chi connectivity index (χ2v) is 11.2. The van der Waals surface area contributed by atoms with Gasteiger partial charge in [-0.05, 0) is 53.8 Å². The van der Waals surface area contributed by atoms with Crippen molar-refractivity contribution in [3.05, 3.63) is 83.0 Å². The Morgan fingerprint density at radius 2 is 1.81 bits per heavy atom. The number of aliphatic hydroxyl groups is 1. The predicted octanol–water partition coefficient (Wildman–Crippen LogP) is 5.19. The van der Waals surface area contributed by atoms with Crippen molar-refractivity contribution in [3.8, 4) is 0 Å². The summed E-state index contributed by atoms with van der Waals surface area (Å²) in [4.78, 5) is 32.6. The number of hydrogen-bond donors (Lipinski definition) is 2. The number of nitrogens with one attached hydrogen (secondary N) is 1. The smallest absolute Gasteiger partial charge is 0.245 e. The van der Waals surface area contributed by atoms with Gasteiger partial charge in [-0.15, -0.1) is 0 Å². The van der Waals surface area contributed by atoms with E-state index >= 15 is 0 Å². The summed E-state index contributed by atoms with van der Waals surface area (Å²) in [5.41, 5.74) is 0.819. The monoisotopic (exact) mass is 519 g/mol. The maximum atomic E-state index is 13.6. The van der Waals surface area contributed by atoms with Crippen LogP contribution in [0, 0.1) is 11.3 Å². The molecule has 0 radical (unpaired) electrons. The summed E-state index contributed by atoms with van der Waals surface area (Å²) < 4.78 is 0. The molecule has 7 heteroatoms. The van der Waals surface area contributed by atoms with E-state index < -0.39 is 17.1 Å². The molecule has 37 heavy (non-hydrogen) atoms. The van der Waals surface area contributed by atoms with Crippen molar-refractivity contribution in [1.29, 1.82) is 0 Å². The number of para-hydroxylation sites is 1. The van der Waals surface area contributed by atoms with Crippen LogP contribution in [-0.4, -0.2) is 45.9 Å². The molecule has 194 valence electrons. The molecule has 1 aliphatic heterocycles. The SMILES string of the molecule is CC(C)[C@@H](NC(=O)C=Cc1ccnc2ccccc12)C(=O)N1CC[C@](O)(c2ccc(Cl)cc2)C(C)(C)C1. The molecule has 1 saturated heterocycles. The largest absolute Gasteiger partial charge is 0.384 e. The standard InChI is InChI=1S/C30H34ClN3O3/c1-20(2)27(33-26(35)14-9-21-15-17-32-25-8-6-5-7-24(21)25)28(36)34-18-16-30(37,29(3,4)19-34)22-10-12-23(31)13-11-22/h5-15,17,20,27,37H,16,18-19H2,1-4H3,(H,33,35)/t27-,30+/m1/s1. The van der Waals surface area contributed by atoms with Crippen molar-refractivity contribution in [2.45, 2.75) is 45.8 Å². The normalized spacial score (nSPS) is 20.4. The Morgan fingerprint density at radius 1 is 1.11 bits per heavy atom. The number of rotatable bonds is 6. The van der Waals surface area contributed by atoms with Gasteiger partial charge in [-0.3, -0.25) is 14.6 Å². The molecule has 0 spiro atoms. The number of carbonyl (C=O) groups is 2. The van der Waals surface area contributed by atoms with Gasteiger partial charge in [0.15, 0.2) is 0 Å². The molecule has 0 saturated carbocycles. The summed E-state index contributed by atoms with van der Waals surface area (Å²) in [6.07, 6.45) is 5.31. The lowest BCUT2D eigenvalue weighted by molar-refractivity contribution is -0.156. The molecule has 2 aromatic carbocycles. The molecule has 1 fully saturated rings. The lowest BCUT2D eigenvalue weighted by Crippen LogP contribution is -2.60. The Balaban J connectivity index is 1.47. The molecule has 4 rings (SSSR count). The molecule has 6 nitrogen and oxygen atoms in total. The molecule has 0 bridgehead atoms. The molecule has 2 atom stereocenters. The van der Waals surface area contributed by atoms with Gasteiger partial charge in [0.1, 0.15) is 6.04 Å². The van der Waals surface area contributed by atoms with Crippen LogP contribution in [0.15, 0.2) is 66.9 Å². The zero-order valence-electron chi connectivity index (χ0n) is 21.7. The van der Waals surface area contributed by atoms with Crippen molar-refractivity contribution in [1.82, 2.24) is 15.2 Å². The van der Waals surface area contributed by atoms with Gasteiger partial charge in [0.25, 0.3) is 0 Å². The fourth-order valence-corrected chi connectivity index (χ4v) is 5.24. The van der Waals surface area contributed by atoms with Gasteiger partial charge in [0.05, 0.1) is 11.1 Å². The number of fused-ring (bicyclic) bond motifs is 1. The molecule has 1 aliphatic rings. The Labute approximate surface area is 223 Å². The summed E-state index contributed by atoms with van der Waals surface area (Å²) in [7, 11) is 0. The Hall–Kier alpha value is -3.22. The van der Waals surface area contributed by atoms with E-state index in [2.05, 4.69) is 10.3 Å². The van der Waals surface area contributed by atoms with Crippen LogP contribution in [0.1, 0.15) is 45.2 Å². The second-order valence-electron chi connectivity index (χ2n) is 10.7. The van der Waals surface area contributed by atoms with Gasteiger partial charge >= 0.3 is 0 Å². The van der Waals surface area contributed by atoms with Crippen molar-refractivity contribution in [3.63, 3.8) is 0 Å². The van der Waals surface area contributed by atoms with Crippen LogP contribution >= 0.6 is 11.6 Å². The first-order valence-corrected chi connectivity index (χ1v) is 13.0. The number of likely N-dealkylation sites (tertiary alicyclic amines) is 1. The van der Waals surface area contributed by atoms with Crippen LogP contribution in [0.4, 0.5) is 0 Å². The minimum absolute atomic E-state index is 0.105. The first-order valence-electron chi connectivity index (χ1n) is 12.6. The number of nitrogens with zero attached hydrogens (tertiary/aromatic N) is 2. The summed E-state index contributed by atoms with van der Waals surface area (Å²) in [6.45, 7) is 8.52. The van der Waals surface area contributed by atoms with Crippen molar-refractivity contribution >= 4 is 40.4 Å². The van der Waals surface area contributed by atoms with Crippen LogP contribution < -0.4 is 5.32 Å². The molecular weight excluding hydrogens is 486 g/mol. The van der Waals surface area contributed by atoms with E-state index in [4.69, 9.17) is 11.6 Å². The van der Waals surface area contributed by atoms with E-state index in [-0.39, 0.29) is 17.7 Å². The highest BCUT2D eigenvalue weighted by atomic mass is 35.5. The van der Waals surface area contributed by atoms with E-state index in [1.807, 2.05) is 70.2 Å². The van der Waals surface area contributed by atoms with E-state index in [1.54, 1.807) is 29.3 Å². The van der Waals surface area contributed by atoms with Gasteiger partial charge in [-0.1, -0.05) is 69.6 Å². The number of aromatic nitrogens is 1. The van der Waals surface area contributed by atoms with Gasteiger partial charge in [0.2, 0.25) is 11.8 Å². The summed E-state index contributed by atoms with van der Waals surface area (Å²) in [5, 5.41) is 16.1. The van der Waals surface area contributed by atoms with E-state index in [0.717, 1.165) is 22.0 Å². The second kappa shape index (κ2) is 10.6. The van der Waals surface area contributed by atoms with Crippen molar-refractivity contribution < 1.29 is 14.7 Å². The number of pyridine rings is 1. The topological polar surface area (TPSA) is 82.5 Å². The molecule has 3 aromatic rings. The molecule has 2 heterocycles. The third-order valence-corrected chi connectivity index (χ3v) is 7.66. The average molecular weight is 520 g/mol. The molecule has 2 amide bonds. The third kappa shape index (κ3) is 5.55. The highest BCUT2D eigenvalue weighted by molar-refractivity contribution is 6.30. The van der Waals surface area contributed by atoms with Crippen LogP contribution in [0.25, 0.3) is 17.0 Å². The minimum Gasteiger partial charge on any atom is -0.384 e. The Bertz CT molecular complexity index is 1310. The first-order chi connectivity index (χ1) is 17.5. The number of halogens is 1. The summed E-state index contributed by atoms with van der Waals surface area (Å²) in [6, 6.07) is 16.2. The first kappa shape index (κ1) is 26.8. The number of carbonyl (C=O) groups excluding carboxylic acids is 2. The van der Waals surface area contributed by atoms with Crippen LogP contribution in [0.3, 0.4) is 0 Å². The maximum Gasteiger partial charge on any atom is 0.245 e. The molecule has 1 aromatic heterocycles. The van der Waals surface area contributed by atoms with E-state index in [9.17, 15) is 14.7 Å². The molecule has 2 N–H and O–H groups in total. The summed E-state index contributed by atoms with van der Waals surface area (Å²) >= 11 is 6.04. The average Bonchev–Trinajstić information content (AvgIpc) is 2.87. The van der Waals surface area contributed by atoms with Crippen LogP contribution in [0.5, 0.6) is 0 Å². The maximum absolute atomic E-state index is 13.6. The highest BCUT2D eigenvalue weighted by Gasteiger charge is 2.50. The minimum atomic E-state index is -1.10. The van der Waals surface area contributed by atoms with E-state index in [1.165, 1.54) is 6.08 Å². The molecular formula is C30H34ClN3O3. The Morgan fingerprint density at radius 3 is 2.49 bits per heavy atom. The van der Waals surface area contributed by atoms with Gasteiger partial charge < -0.3 is 15.3 Å². The third-order valence-electron chi connectivity index (χ3n) is 7.41. The number of benzene rings is 2. The highest BCUT2D eigenvalue weighted by Crippen LogP contribution is 2.46. The number of piperidine rings is 1. The quantitative estimate of drug-likeness (QED) is 0.439. The molecule has 0 aliphatic carbocycles. The van der Waals surface area contributed by atoms with E-state index in [0.29, 0.717) is 24.5 Å². The van der Waals surface area contributed by atoms with Crippen molar-refractivity contribution in [2.75, 3.05) is 13.1 Å². The lowest BCUT2D eigenvalue weighted by Gasteiger charge is -2.51. The number of hydrogen-bond acceptors (Lipinski definition) is 4. The van der Waals surface area contributed by atoms with Gasteiger partial charge in [0, 0.05) is 41.2 Å². The fraction of sp³-hybridized carbons (Fsp3) is 0.367. The van der Waals surface area contributed by atoms with Gasteiger partial charge in [-0.2, -0.15) is 0 Å². The molecule has 0 unspecified atom stereocenters. The van der Waals surface area contributed by atoms with Crippen LogP contribution in [-0.2, 0) is 15.2 Å². The lowest BCUT2D eigenvalue weighted by atomic mass is 9.66. The van der Waals surface area contributed by atoms with Gasteiger partial charge in [-0.25, -0.2) is 0 Å². The summed E-state index contributed by atoms with van der Waals surface area (Å²) in [5.74, 6) is -0.578. The zero-order valence-corrected chi connectivity index (χ0v) is 22.5. The van der Waals surface area contributed by atoms with Crippen molar-refractivity contribution in [2.24, 2.45) is 11.3 Å². The van der Waals surface area contributed by atoms with Crippen LogP contribution in [0.2, 0.25) is 5.02 Å². The zero-order chi connectivity index (χ0) is 26.8. The predicted molar refractivity (Wildman–Crippen MR) is 148 cm³/mol.